The van der Waals surface area contributed by atoms with Crippen LogP contribution in [0.15, 0.2) is 58.5 Å². The van der Waals surface area contributed by atoms with Crippen molar-refractivity contribution in [3.63, 3.8) is 0 Å². The van der Waals surface area contributed by atoms with Crippen molar-refractivity contribution < 1.29 is 8.42 Å². The van der Waals surface area contributed by atoms with E-state index in [1.165, 1.54) is 0 Å². The molecule has 136 valence electrons. The van der Waals surface area contributed by atoms with Gasteiger partial charge in [-0.2, -0.15) is 5.10 Å². The first-order valence-electron chi connectivity index (χ1n) is 8.35. The summed E-state index contributed by atoms with van der Waals surface area (Å²) in [5.41, 5.74) is 6.22. The predicted molar refractivity (Wildman–Crippen MR) is 104 cm³/mol. The summed E-state index contributed by atoms with van der Waals surface area (Å²) in [5.74, 6) is 0.550. The maximum Gasteiger partial charge on any atom is 0.240 e. The third-order valence-electron chi connectivity index (χ3n) is 3.84. The number of sulfonamides is 1. The van der Waals surface area contributed by atoms with Crippen molar-refractivity contribution >= 4 is 32.7 Å². The van der Waals surface area contributed by atoms with Gasteiger partial charge in [0.25, 0.3) is 0 Å². The number of aromatic amines is 1. The summed E-state index contributed by atoms with van der Waals surface area (Å²) in [4.78, 5) is 7.77. The molecule has 0 unspecified atom stereocenters. The molecule has 0 radical (unpaired) electrons. The van der Waals surface area contributed by atoms with Crippen LogP contribution in [0.2, 0.25) is 0 Å². The second-order valence-corrected chi connectivity index (χ2v) is 7.60. The molecule has 0 atom stereocenters. The van der Waals surface area contributed by atoms with Crippen molar-refractivity contribution in [3.05, 3.63) is 54.1 Å². The number of nitrogens with zero attached hydrogens (tertiary/aromatic N) is 2. The van der Waals surface area contributed by atoms with Crippen LogP contribution in [0, 0.1) is 0 Å². The van der Waals surface area contributed by atoms with Crippen LogP contribution in [0.1, 0.15) is 25.8 Å². The highest BCUT2D eigenvalue weighted by Gasteiger charge is 2.12. The smallest absolute Gasteiger partial charge is 0.240 e. The summed E-state index contributed by atoms with van der Waals surface area (Å²) in [6.45, 7) is 4.18. The van der Waals surface area contributed by atoms with Crippen LogP contribution in [-0.2, 0) is 10.0 Å². The molecule has 0 saturated heterocycles. The second kappa shape index (κ2) is 7.67. The average molecular weight is 371 g/mol. The summed E-state index contributed by atoms with van der Waals surface area (Å²) < 4.78 is 26.8. The lowest BCUT2D eigenvalue weighted by molar-refractivity contribution is 0.581. The van der Waals surface area contributed by atoms with Gasteiger partial charge in [-0.05, 0) is 43.2 Å². The van der Waals surface area contributed by atoms with E-state index in [0.29, 0.717) is 12.5 Å². The highest BCUT2D eigenvalue weighted by Crippen LogP contribution is 2.14. The van der Waals surface area contributed by atoms with E-state index in [2.05, 4.69) is 25.2 Å². The molecular weight excluding hydrogens is 350 g/mol. The molecule has 0 fully saturated rings. The molecule has 0 aliphatic carbocycles. The Balaban J connectivity index is 1.72. The fourth-order valence-electron chi connectivity index (χ4n) is 2.40. The third kappa shape index (κ3) is 4.09. The Bertz CT molecular complexity index is 990. The van der Waals surface area contributed by atoms with Crippen LogP contribution in [0.5, 0.6) is 0 Å². The monoisotopic (exact) mass is 371 g/mol. The van der Waals surface area contributed by atoms with E-state index >= 15 is 0 Å². The normalized spacial score (nSPS) is 12.5. The Labute approximate surface area is 152 Å². The predicted octanol–water partition coefficient (Wildman–Crippen LogP) is 3.09. The van der Waals surface area contributed by atoms with Crippen molar-refractivity contribution in [3.8, 4) is 0 Å². The minimum atomic E-state index is -3.46. The van der Waals surface area contributed by atoms with Gasteiger partial charge in [-0.25, -0.2) is 23.5 Å². The number of para-hydroxylation sites is 2. The molecule has 0 saturated carbocycles. The molecule has 0 aliphatic rings. The summed E-state index contributed by atoms with van der Waals surface area (Å²) in [6, 6.07) is 14.3. The van der Waals surface area contributed by atoms with Crippen molar-refractivity contribution in [2.45, 2.75) is 25.2 Å². The summed E-state index contributed by atoms with van der Waals surface area (Å²) in [7, 11) is -3.46. The summed E-state index contributed by atoms with van der Waals surface area (Å²) in [6.07, 6.45) is 0.747. The number of H-pyrrole nitrogens is 1. The Morgan fingerprint density at radius 3 is 2.58 bits per heavy atom. The molecule has 3 rings (SSSR count). The van der Waals surface area contributed by atoms with Gasteiger partial charge >= 0.3 is 0 Å². The number of fused-ring (bicyclic) bond motifs is 1. The minimum absolute atomic E-state index is 0.243. The van der Waals surface area contributed by atoms with Crippen molar-refractivity contribution in [2.24, 2.45) is 5.10 Å². The van der Waals surface area contributed by atoms with Gasteiger partial charge in [-0.3, -0.25) is 0 Å². The van der Waals surface area contributed by atoms with Gasteiger partial charge in [0.05, 0.1) is 21.6 Å². The van der Waals surface area contributed by atoms with Crippen LogP contribution in [0.4, 0.5) is 5.95 Å². The number of aromatic nitrogens is 2. The molecule has 0 bridgehead atoms. The highest BCUT2D eigenvalue weighted by molar-refractivity contribution is 7.89. The SMILES string of the molecule is CCCNS(=O)(=O)c1ccc(/C(C)=N\Nc2nc3ccccc3[nH]2)cc1. The number of anilines is 1. The maximum absolute atomic E-state index is 12.1. The number of hydrazone groups is 1. The van der Waals surface area contributed by atoms with Gasteiger partial charge in [0, 0.05) is 6.54 Å². The topological polar surface area (TPSA) is 99.2 Å². The maximum atomic E-state index is 12.1. The Morgan fingerprint density at radius 1 is 1.15 bits per heavy atom. The number of benzene rings is 2. The zero-order valence-corrected chi connectivity index (χ0v) is 15.5. The molecular formula is C18H21N5O2S. The Kier molecular flexibility index (Phi) is 5.34. The molecule has 0 aliphatic heterocycles. The van der Waals surface area contributed by atoms with Crippen LogP contribution < -0.4 is 10.1 Å². The van der Waals surface area contributed by atoms with Crippen LogP contribution in [-0.4, -0.2) is 30.6 Å². The van der Waals surface area contributed by atoms with Crippen LogP contribution in [0.25, 0.3) is 11.0 Å². The fraction of sp³-hybridized carbons (Fsp3) is 0.222. The zero-order valence-electron chi connectivity index (χ0n) is 14.7. The van der Waals surface area contributed by atoms with Crippen molar-refractivity contribution in [1.29, 1.82) is 0 Å². The number of rotatable bonds is 7. The largest absolute Gasteiger partial charge is 0.323 e. The molecule has 1 aromatic heterocycles. The first-order valence-corrected chi connectivity index (χ1v) is 9.83. The second-order valence-electron chi connectivity index (χ2n) is 5.83. The highest BCUT2D eigenvalue weighted by atomic mass is 32.2. The molecule has 1 heterocycles. The Hall–Kier alpha value is -2.71. The van der Waals surface area contributed by atoms with Gasteiger partial charge < -0.3 is 4.98 Å². The lowest BCUT2D eigenvalue weighted by Crippen LogP contribution is -2.24. The first kappa shape index (κ1) is 18.1. The molecule has 26 heavy (non-hydrogen) atoms. The van der Waals surface area contributed by atoms with E-state index in [0.717, 1.165) is 28.7 Å². The van der Waals surface area contributed by atoms with Gasteiger partial charge in [-0.15, -0.1) is 0 Å². The standard InChI is InChI=1S/C18H21N5O2S/c1-3-12-19-26(24,25)15-10-8-14(9-11-15)13(2)22-23-18-20-16-6-4-5-7-17(16)21-18/h4-11,19H,3,12H2,1-2H3,(H2,20,21,23)/b22-13-. The fourth-order valence-corrected chi connectivity index (χ4v) is 3.54. The van der Waals surface area contributed by atoms with Gasteiger partial charge in [0.15, 0.2) is 0 Å². The molecule has 7 nitrogen and oxygen atoms in total. The van der Waals surface area contributed by atoms with Crippen LogP contribution >= 0.6 is 0 Å². The lowest BCUT2D eigenvalue weighted by atomic mass is 10.1. The van der Waals surface area contributed by atoms with Crippen molar-refractivity contribution in [1.82, 2.24) is 14.7 Å². The van der Waals surface area contributed by atoms with E-state index in [9.17, 15) is 8.42 Å². The molecule has 2 aromatic carbocycles. The van der Waals surface area contributed by atoms with E-state index < -0.39 is 10.0 Å². The molecule has 3 N–H and O–H groups in total. The van der Waals surface area contributed by atoms with Gasteiger partial charge in [0.1, 0.15) is 0 Å². The zero-order chi connectivity index (χ0) is 18.6. The number of hydrogen-bond donors (Lipinski definition) is 3. The number of nitrogens with one attached hydrogen (secondary N) is 3. The van der Waals surface area contributed by atoms with Crippen molar-refractivity contribution in [2.75, 3.05) is 12.0 Å². The molecule has 0 amide bonds. The van der Waals surface area contributed by atoms with E-state index in [4.69, 9.17) is 0 Å². The first-order chi connectivity index (χ1) is 12.5. The Morgan fingerprint density at radius 2 is 1.88 bits per heavy atom. The van der Waals surface area contributed by atoms with Gasteiger partial charge in [-0.1, -0.05) is 31.2 Å². The lowest BCUT2D eigenvalue weighted by Gasteiger charge is -2.07. The van der Waals surface area contributed by atoms with E-state index in [-0.39, 0.29) is 4.90 Å². The average Bonchev–Trinajstić information content (AvgIpc) is 3.07. The van der Waals surface area contributed by atoms with Crippen LogP contribution in [0.3, 0.4) is 0 Å². The molecule has 3 aromatic rings. The molecule has 8 heteroatoms. The number of hydrogen-bond acceptors (Lipinski definition) is 5. The number of imidazole rings is 1. The summed E-state index contributed by atoms with van der Waals surface area (Å²) in [5, 5.41) is 4.31. The quantitative estimate of drug-likeness (QED) is 0.439. The summed E-state index contributed by atoms with van der Waals surface area (Å²) >= 11 is 0. The minimum Gasteiger partial charge on any atom is -0.323 e. The third-order valence-corrected chi connectivity index (χ3v) is 5.32. The molecule has 0 spiro atoms. The van der Waals surface area contributed by atoms with Gasteiger partial charge in [0.2, 0.25) is 16.0 Å². The van der Waals surface area contributed by atoms with E-state index in [1.54, 1.807) is 24.3 Å². The van der Waals surface area contributed by atoms with E-state index in [1.807, 2.05) is 38.1 Å².